The van der Waals surface area contributed by atoms with E-state index >= 15 is 0 Å². The molecule has 1 aliphatic heterocycles. The van der Waals surface area contributed by atoms with Gasteiger partial charge in [-0.2, -0.15) is 0 Å². The van der Waals surface area contributed by atoms with Gasteiger partial charge in [-0.1, -0.05) is 74.5 Å². The molecule has 2 aromatic carbocycles. The number of hydrogen-bond donors (Lipinski definition) is 1. The molecule has 3 nitrogen and oxygen atoms in total. The first kappa shape index (κ1) is 18.4. The normalized spacial score (nSPS) is 21.2. The second-order valence-corrected chi connectivity index (χ2v) is 8.54. The Bertz CT molecular complexity index is 997. The molecule has 0 bridgehead atoms. The van der Waals surface area contributed by atoms with Crippen LogP contribution in [0.3, 0.4) is 0 Å². The predicted octanol–water partition coefficient (Wildman–Crippen LogP) is 5.17. The Hall–Kier alpha value is -2.94. The molecule has 1 atom stereocenters. The van der Waals surface area contributed by atoms with Gasteiger partial charge in [0.1, 0.15) is 0 Å². The van der Waals surface area contributed by atoms with Crippen LogP contribution >= 0.6 is 0 Å². The lowest BCUT2D eigenvalue weighted by Gasteiger charge is -2.39. The summed E-state index contributed by atoms with van der Waals surface area (Å²) in [6.07, 6.45) is 1.31. The van der Waals surface area contributed by atoms with Crippen molar-refractivity contribution in [2.75, 3.05) is 0 Å². The zero-order valence-electron chi connectivity index (χ0n) is 16.6. The van der Waals surface area contributed by atoms with E-state index in [9.17, 15) is 9.59 Å². The summed E-state index contributed by atoms with van der Waals surface area (Å²) in [7, 11) is 0. The third-order valence-corrected chi connectivity index (χ3v) is 5.65. The molecule has 0 aromatic heterocycles. The van der Waals surface area contributed by atoms with Gasteiger partial charge >= 0.3 is 0 Å². The highest BCUT2D eigenvalue weighted by Gasteiger charge is 2.42. The first-order valence-corrected chi connectivity index (χ1v) is 9.76. The first-order valence-electron chi connectivity index (χ1n) is 9.76. The lowest BCUT2D eigenvalue weighted by molar-refractivity contribution is -0.118. The van der Waals surface area contributed by atoms with Crippen LogP contribution in [0.25, 0.3) is 0 Å². The average Bonchev–Trinajstić information content (AvgIpc) is 2.67. The van der Waals surface area contributed by atoms with E-state index in [2.05, 4.69) is 19.2 Å². The van der Waals surface area contributed by atoms with E-state index in [0.29, 0.717) is 17.6 Å². The SMILES string of the molecule is CC1=C(C(=O)c2ccccc2)[C@H](c2ccccc2)C2=C(CC(C)(C)CC2=O)N1. The number of rotatable bonds is 3. The van der Waals surface area contributed by atoms with Crippen LogP contribution in [0.4, 0.5) is 0 Å². The van der Waals surface area contributed by atoms with E-state index < -0.39 is 0 Å². The molecular formula is C25H25NO2. The summed E-state index contributed by atoms with van der Waals surface area (Å²) in [6, 6.07) is 19.2. The smallest absolute Gasteiger partial charge is 0.191 e. The van der Waals surface area contributed by atoms with Crippen LogP contribution in [0.5, 0.6) is 0 Å². The molecule has 1 heterocycles. The molecule has 3 heteroatoms. The van der Waals surface area contributed by atoms with Crippen molar-refractivity contribution in [3.05, 3.63) is 94.3 Å². The quantitative estimate of drug-likeness (QED) is 0.757. The zero-order chi connectivity index (χ0) is 19.9. The number of ketones is 2. The van der Waals surface area contributed by atoms with E-state index in [1.54, 1.807) is 0 Å². The molecule has 28 heavy (non-hydrogen) atoms. The Labute approximate surface area is 166 Å². The summed E-state index contributed by atoms with van der Waals surface area (Å²) >= 11 is 0. The van der Waals surface area contributed by atoms with Crippen molar-refractivity contribution >= 4 is 11.6 Å². The van der Waals surface area contributed by atoms with Crippen molar-refractivity contribution in [1.29, 1.82) is 0 Å². The minimum atomic E-state index is -0.325. The minimum absolute atomic E-state index is 0.0244. The third-order valence-electron chi connectivity index (χ3n) is 5.65. The molecule has 0 unspecified atom stereocenters. The highest BCUT2D eigenvalue weighted by atomic mass is 16.1. The fourth-order valence-corrected chi connectivity index (χ4v) is 4.46. The van der Waals surface area contributed by atoms with Gasteiger partial charge in [0.15, 0.2) is 11.6 Å². The largest absolute Gasteiger partial charge is 0.362 e. The van der Waals surface area contributed by atoms with Crippen LogP contribution < -0.4 is 5.32 Å². The summed E-state index contributed by atoms with van der Waals surface area (Å²) in [5.74, 6) is -0.212. The van der Waals surface area contributed by atoms with Gasteiger partial charge in [-0.25, -0.2) is 0 Å². The van der Waals surface area contributed by atoms with Crippen LogP contribution in [0.2, 0.25) is 0 Å². The Morgan fingerprint density at radius 3 is 2.21 bits per heavy atom. The van der Waals surface area contributed by atoms with Crippen LogP contribution in [-0.4, -0.2) is 11.6 Å². The van der Waals surface area contributed by atoms with Crippen LogP contribution in [0.15, 0.2) is 83.2 Å². The fraction of sp³-hybridized carbons (Fsp3) is 0.280. The van der Waals surface area contributed by atoms with Crippen molar-refractivity contribution in [2.45, 2.75) is 39.5 Å². The lowest BCUT2D eigenvalue weighted by atomic mass is 9.68. The van der Waals surface area contributed by atoms with Gasteiger partial charge in [-0.15, -0.1) is 0 Å². The molecule has 0 radical (unpaired) electrons. The van der Waals surface area contributed by atoms with Crippen molar-refractivity contribution in [3.8, 4) is 0 Å². The maximum atomic E-state index is 13.5. The summed E-state index contributed by atoms with van der Waals surface area (Å²) in [5.41, 5.74) is 4.80. The maximum absolute atomic E-state index is 13.5. The molecule has 1 N–H and O–H groups in total. The molecule has 0 saturated carbocycles. The number of nitrogens with one attached hydrogen (secondary N) is 1. The van der Waals surface area contributed by atoms with E-state index in [1.165, 1.54) is 0 Å². The van der Waals surface area contributed by atoms with Gasteiger partial charge < -0.3 is 5.32 Å². The summed E-state index contributed by atoms with van der Waals surface area (Å²) in [6.45, 7) is 6.19. The topological polar surface area (TPSA) is 46.2 Å². The lowest BCUT2D eigenvalue weighted by Crippen LogP contribution is -2.38. The van der Waals surface area contributed by atoms with Crippen LogP contribution in [0, 0.1) is 5.41 Å². The molecule has 0 saturated heterocycles. The second kappa shape index (κ2) is 6.90. The summed E-state index contributed by atoms with van der Waals surface area (Å²) in [4.78, 5) is 26.7. The van der Waals surface area contributed by atoms with Gasteiger partial charge in [0, 0.05) is 40.4 Å². The Balaban J connectivity index is 1.89. The van der Waals surface area contributed by atoms with E-state index in [4.69, 9.17) is 0 Å². The van der Waals surface area contributed by atoms with Crippen molar-refractivity contribution in [2.24, 2.45) is 5.41 Å². The number of carbonyl (C=O) groups is 2. The third kappa shape index (κ3) is 3.22. The van der Waals surface area contributed by atoms with Crippen LogP contribution in [0.1, 0.15) is 55.5 Å². The van der Waals surface area contributed by atoms with E-state index in [-0.39, 0.29) is 22.9 Å². The Morgan fingerprint density at radius 2 is 1.57 bits per heavy atom. The average molecular weight is 371 g/mol. The molecule has 2 aromatic rings. The minimum Gasteiger partial charge on any atom is -0.362 e. The first-order chi connectivity index (χ1) is 13.4. The van der Waals surface area contributed by atoms with Gasteiger partial charge in [0.2, 0.25) is 0 Å². The number of Topliss-reactive ketones (excluding diaryl/α,β-unsaturated/α-hetero) is 2. The fourth-order valence-electron chi connectivity index (χ4n) is 4.46. The van der Waals surface area contributed by atoms with Gasteiger partial charge in [-0.3, -0.25) is 9.59 Å². The highest BCUT2D eigenvalue weighted by molar-refractivity contribution is 6.13. The number of hydrogen-bond acceptors (Lipinski definition) is 3. The van der Waals surface area contributed by atoms with E-state index in [1.807, 2.05) is 67.6 Å². The number of allylic oxidation sites excluding steroid dienone is 4. The van der Waals surface area contributed by atoms with Gasteiger partial charge in [-0.05, 0) is 24.3 Å². The predicted molar refractivity (Wildman–Crippen MR) is 111 cm³/mol. The highest BCUT2D eigenvalue weighted by Crippen LogP contribution is 2.47. The molecule has 0 spiro atoms. The van der Waals surface area contributed by atoms with Crippen LogP contribution in [-0.2, 0) is 4.79 Å². The molecule has 1 aliphatic carbocycles. The van der Waals surface area contributed by atoms with Gasteiger partial charge in [0.05, 0.1) is 0 Å². The maximum Gasteiger partial charge on any atom is 0.191 e. The number of carbonyl (C=O) groups excluding carboxylic acids is 2. The molecule has 2 aliphatic rings. The molecule has 0 fully saturated rings. The standard InChI is InChI=1S/C25H25NO2/c1-16-21(24(28)18-12-8-5-9-13-18)22(17-10-6-4-7-11-17)23-19(26-16)14-25(2,3)15-20(23)27/h4-13,22,26H,14-15H2,1-3H3/t22-/m0/s1. The summed E-state index contributed by atoms with van der Waals surface area (Å²) in [5, 5.41) is 3.42. The molecular weight excluding hydrogens is 346 g/mol. The number of benzene rings is 2. The molecule has 4 rings (SSSR count). The van der Waals surface area contributed by atoms with Gasteiger partial charge in [0.25, 0.3) is 0 Å². The Kier molecular flexibility index (Phi) is 4.54. The van der Waals surface area contributed by atoms with Crippen molar-refractivity contribution < 1.29 is 9.59 Å². The summed E-state index contributed by atoms with van der Waals surface area (Å²) < 4.78 is 0. The Morgan fingerprint density at radius 1 is 0.964 bits per heavy atom. The van der Waals surface area contributed by atoms with Crippen molar-refractivity contribution in [3.63, 3.8) is 0 Å². The monoisotopic (exact) mass is 371 g/mol. The zero-order valence-corrected chi connectivity index (χ0v) is 16.6. The van der Waals surface area contributed by atoms with Crippen molar-refractivity contribution in [1.82, 2.24) is 5.32 Å². The second-order valence-electron chi connectivity index (χ2n) is 8.54. The van der Waals surface area contributed by atoms with E-state index in [0.717, 1.165) is 29.0 Å². The number of dihydropyridines is 1. The molecule has 0 amide bonds. The molecule has 142 valence electrons.